The molecule has 3 rings (SSSR count). The lowest BCUT2D eigenvalue weighted by atomic mass is 10.2. The van der Waals surface area contributed by atoms with E-state index in [9.17, 15) is 4.79 Å². The Bertz CT molecular complexity index is 839. The normalized spacial score (nSPS) is 14.2. The standard InChI is InChI=1S/C20H29N7O2/c1-15-24-25-18(26(15)2)13-22-20(23-14-19(28)27-10-4-5-11-27)21-12-16-6-8-17(29-3)9-7-16/h6-9H,4-5,10-14H2,1-3H3,(H2,21,22,23). The van der Waals surface area contributed by atoms with Crippen LogP contribution < -0.4 is 15.4 Å². The van der Waals surface area contributed by atoms with E-state index in [0.29, 0.717) is 19.0 Å². The van der Waals surface area contributed by atoms with E-state index < -0.39 is 0 Å². The average Bonchev–Trinajstić information content (AvgIpc) is 3.39. The number of amides is 1. The summed E-state index contributed by atoms with van der Waals surface area (Å²) >= 11 is 0. The van der Waals surface area contributed by atoms with Gasteiger partial charge in [0, 0.05) is 20.1 Å². The first-order valence-corrected chi connectivity index (χ1v) is 9.84. The molecule has 0 atom stereocenters. The van der Waals surface area contributed by atoms with Gasteiger partial charge in [-0.25, -0.2) is 4.99 Å². The van der Waals surface area contributed by atoms with Crippen molar-refractivity contribution in [2.24, 2.45) is 12.0 Å². The first-order valence-electron chi connectivity index (χ1n) is 9.84. The van der Waals surface area contributed by atoms with Crippen LogP contribution in [0.1, 0.15) is 30.1 Å². The maximum atomic E-state index is 12.4. The van der Waals surface area contributed by atoms with Crippen LogP contribution in [0.4, 0.5) is 0 Å². The summed E-state index contributed by atoms with van der Waals surface area (Å²) in [5.41, 5.74) is 1.05. The van der Waals surface area contributed by atoms with Gasteiger partial charge in [0.15, 0.2) is 11.8 Å². The number of aliphatic imine (C=N–C) groups is 1. The number of hydrogen-bond donors (Lipinski definition) is 2. The number of carbonyl (C=O) groups excluding carboxylic acids is 1. The topological polar surface area (TPSA) is 96.7 Å². The van der Waals surface area contributed by atoms with E-state index >= 15 is 0 Å². The fraction of sp³-hybridized carbons (Fsp3) is 0.500. The van der Waals surface area contributed by atoms with Crippen molar-refractivity contribution in [1.29, 1.82) is 0 Å². The number of methoxy groups -OCH3 is 1. The van der Waals surface area contributed by atoms with Gasteiger partial charge in [-0.1, -0.05) is 12.1 Å². The molecular weight excluding hydrogens is 370 g/mol. The summed E-state index contributed by atoms with van der Waals surface area (Å²) in [5.74, 6) is 3.11. The van der Waals surface area contributed by atoms with E-state index in [2.05, 4.69) is 25.8 Å². The van der Waals surface area contributed by atoms with Gasteiger partial charge >= 0.3 is 0 Å². The third-order valence-electron chi connectivity index (χ3n) is 5.04. The molecule has 0 saturated carbocycles. The zero-order valence-corrected chi connectivity index (χ0v) is 17.3. The quantitative estimate of drug-likeness (QED) is 0.532. The Labute approximate surface area is 171 Å². The number of nitrogens with one attached hydrogen (secondary N) is 2. The largest absolute Gasteiger partial charge is 0.497 e. The summed E-state index contributed by atoms with van der Waals surface area (Å²) in [6, 6.07) is 7.76. The van der Waals surface area contributed by atoms with Gasteiger partial charge in [-0.2, -0.15) is 0 Å². The van der Waals surface area contributed by atoms with Crippen molar-refractivity contribution in [3.05, 3.63) is 41.5 Å². The number of nitrogens with zero attached hydrogens (tertiary/aromatic N) is 5. The maximum absolute atomic E-state index is 12.4. The molecule has 2 aromatic rings. The molecule has 1 aromatic heterocycles. The molecule has 2 N–H and O–H groups in total. The number of ether oxygens (including phenoxy) is 1. The van der Waals surface area contributed by atoms with Gasteiger partial charge in [-0.05, 0) is 37.5 Å². The minimum Gasteiger partial charge on any atom is -0.497 e. The van der Waals surface area contributed by atoms with Gasteiger partial charge in [0.05, 0.1) is 26.7 Å². The van der Waals surface area contributed by atoms with Crippen LogP contribution in [-0.4, -0.2) is 58.3 Å². The second kappa shape index (κ2) is 9.90. The van der Waals surface area contributed by atoms with E-state index in [1.54, 1.807) is 7.11 Å². The molecule has 2 heterocycles. The first kappa shape index (κ1) is 20.6. The molecule has 156 valence electrons. The number of rotatable bonds is 7. The molecule has 1 fully saturated rings. The number of likely N-dealkylation sites (tertiary alicyclic amines) is 1. The highest BCUT2D eigenvalue weighted by atomic mass is 16.5. The van der Waals surface area contributed by atoms with Gasteiger partial charge in [0.1, 0.15) is 11.6 Å². The molecule has 9 nitrogen and oxygen atoms in total. The summed E-state index contributed by atoms with van der Waals surface area (Å²) in [6.45, 7) is 4.74. The Hall–Kier alpha value is -3.10. The second-order valence-corrected chi connectivity index (χ2v) is 7.03. The molecule has 0 radical (unpaired) electrons. The SMILES string of the molecule is COc1ccc(CN=C(NCC(=O)N2CCCC2)NCc2nnc(C)n2C)cc1. The van der Waals surface area contributed by atoms with Crippen molar-refractivity contribution in [1.82, 2.24) is 30.3 Å². The fourth-order valence-electron chi connectivity index (χ4n) is 3.08. The zero-order valence-electron chi connectivity index (χ0n) is 17.3. The number of aryl methyl sites for hydroxylation is 1. The highest BCUT2D eigenvalue weighted by Gasteiger charge is 2.18. The molecule has 1 amide bonds. The Morgan fingerprint density at radius 2 is 1.90 bits per heavy atom. The van der Waals surface area contributed by atoms with Crippen molar-refractivity contribution < 1.29 is 9.53 Å². The third-order valence-corrected chi connectivity index (χ3v) is 5.04. The molecule has 29 heavy (non-hydrogen) atoms. The van der Waals surface area contributed by atoms with E-state index in [1.165, 1.54) is 0 Å². The predicted octanol–water partition coefficient (Wildman–Crippen LogP) is 0.990. The van der Waals surface area contributed by atoms with E-state index in [-0.39, 0.29) is 12.5 Å². The van der Waals surface area contributed by atoms with Crippen molar-refractivity contribution in [3.63, 3.8) is 0 Å². The number of carbonyl (C=O) groups is 1. The summed E-state index contributed by atoms with van der Waals surface area (Å²) in [4.78, 5) is 18.9. The summed E-state index contributed by atoms with van der Waals surface area (Å²) in [5, 5.41) is 14.6. The Morgan fingerprint density at radius 3 is 2.52 bits per heavy atom. The molecule has 0 unspecified atom stereocenters. The number of aromatic nitrogens is 3. The molecule has 1 aromatic carbocycles. The monoisotopic (exact) mass is 399 g/mol. The smallest absolute Gasteiger partial charge is 0.241 e. The first-order chi connectivity index (χ1) is 14.1. The highest BCUT2D eigenvalue weighted by molar-refractivity contribution is 5.86. The minimum absolute atomic E-state index is 0.0935. The summed E-state index contributed by atoms with van der Waals surface area (Å²) in [6.07, 6.45) is 2.15. The van der Waals surface area contributed by atoms with Gasteiger partial charge in [0.25, 0.3) is 0 Å². The van der Waals surface area contributed by atoms with Crippen LogP contribution in [0.25, 0.3) is 0 Å². The Kier molecular flexibility index (Phi) is 7.04. The molecule has 1 aliphatic heterocycles. The molecular formula is C20H29N7O2. The Balaban J connectivity index is 1.63. The predicted molar refractivity (Wildman–Crippen MR) is 111 cm³/mol. The van der Waals surface area contributed by atoms with Gasteiger partial charge in [0.2, 0.25) is 5.91 Å². The van der Waals surface area contributed by atoms with Crippen LogP contribution in [0.3, 0.4) is 0 Å². The van der Waals surface area contributed by atoms with E-state index in [0.717, 1.165) is 48.9 Å². The summed E-state index contributed by atoms with van der Waals surface area (Å²) < 4.78 is 7.11. The molecule has 0 spiro atoms. The highest BCUT2D eigenvalue weighted by Crippen LogP contribution is 2.12. The molecule has 1 saturated heterocycles. The van der Waals surface area contributed by atoms with Crippen molar-refractivity contribution in [2.75, 3.05) is 26.7 Å². The number of benzene rings is 1. The maximum Gasteiger partial charge on any atom is 0.241 e. The molecule has 0 aliphatic carbocycles. The van der Waals surface area contributed by atoms with Gasteiger partial charge in [-0.15, -0.1) is 10.2 Å². The van der Waals surface area contributed by atoms with Crippen LogP contribution in [0.15, 0.2) is 29.3 Å². The Morgan fingerprint density at radius 1 is 1.17 bits per heavy atom. The number of guanidine groups is 1. The average molecular weight is 399 g/mol. The molecule has 9 heteroatoms. The van der Waals surface area contributed by atoms with Gasteiger partial charge < -0.3 is 24.8 Å². The zero-order chi connectivity index (χ0) is 20.6. The van der Waals surface area contributed by atoms with Crippen molar-refractivity contribution >= 4 is 11.9 Å². The number of hydrogen-bond acceptors (Lipinski definition) is 5. The second-order valence-electron chi connectivity index (χ2n) is 7.03. The molecule has 0 bridgehead atoms. The van der Waals surface area contributed by atoms with Crippen LogP contribution in [0, 0.1) is 6.92 Å². The fourth-order valence-corrected chi connectivity index (χ4v) is 3.08. The van der Waals surface area contributed by atoms with Crippen LogP contribution in [0.5, 0.6) is 5.75 Å². The minimum atomic E-state index is 0.0935. The van der Waals surface area contributed by atoms with Crippen LogP contribution in [0.2, 0.25) is 0 Å². The molecule has 1 aliphatic rings. The summed E-state index contributed by atoms with van der Waals surface area (Å²) in [7, 11) is 3.57. The lowest BCUT2D eigenvalue weighted by Gasteiger charge is -2.17. The third kappa shape index (κ3) is 5.69. The van der Waals surface area contributed by atoms with E-state index in [4.69, 9.17) is 4.74 Å². The van der Waals surface area contributed by atoms with Crippen molar-refractivity contribution in [2.45, 2.75) is 32.9 Å². The van der Waals surface area contributed by atoms with Crippen molar-refractivity contribution in [3.8, 4) is 5.75 Å². The lowest BCUT2D eigenvalue weighted by molar-refractivity contribution is -0.128. The van der Waals surface area contributed by atoms with Crippen LogP contribution >= 0.6 is 0 Å². The van der Waals surface area contributed by atoms with Gasteiger partial charge in [-0.3, -0.25) is 4.79 Å². The van der Waals surface area contributed by atoms with E-state index in [1.807, 2.05) is 47.7 Å². The lowest BCUT2D eigenvalue weighted by Crippen LogP contribution is -2.44. The van der Waals surface area contributed by atoms with Crippen LogP contribution in [-0.2, 0) is 24.9 Å².